The highest BCUT2D eigenvalue weighted by atomic mass is 79.9. The van der Waals surface area contributed by atoms with Crippen molar-refractivity contribution in [1.82, 2.24) is 4.98 Å². The Labute approximate surface area is 119 Å². The first-order chi connectivity index (χ1) is 9.32. The van der Waals surface area contributed by atoms with E-state index in [0.29, 0.717) is 6.07 Å². The van der Waals surface area contributed by atoms with Crippen LogP contribution in [0.5, 0.6) is 0 Å². The number of halogens is 5. The second-order valence-corrected chi connectivity index (χ2v) is 4.70. The average molecular weight is 348 g/mol. The zero-order chi connectivity index (χ0) is 14.9. The molecule has 2 aromatic rings. The second kappa shape index (κ2) is 5.32. The third kappa shape index (κ3) is 2.72. The Hall–Kier alpha value is -1.76. The molecule has 1 heterocycles. The van der Waals surface area contributed by atoms with Gasteiger partial charge in [0, 0.05) is 16.9 Å². The van der Waals surface area contributed by atoms with Gasteiger partial charge in [-0.2, -0.15) is 13.2 Å². The highest BCUT2D eigenvalue weighted by molar-refractivity contribution is 9.10. The lowest BCUT2D eigenvalue weighted by atomic mass is 10.00. The summed E-state index contributed by atoms with van der Waals surface area (Å²) in [6.07, 6.45) is -3.01. The van der Waals surface area contributed by atoms with Crippen LogP contribution in [0.2, 0.25) is 0 Å². The minimum atomic E-state index is -4.72. The van der Waals surface area contributed by atoms with Crippen molar-refractivity contribution in [3.05, 3.63) is 63.6 Å². The fourth-order valence-electron chi connectivity index (χ4n) is 1.67. The van der Waals surface area contributed by atoms with Crippen molar-refractivity contribution in [2.75, 3.05) is 0 Å². The van der Waals surface area contributed by atoms with Gasteiger partial charge in [-0.15, -0.1) is 0 Å². The van der Waals surface area contributed by atoms with E-state index in [-0.39, 0.29) is 4.47 Å². The molecule has 0 fully saturated rings. The molecule has 0 atom stereocenters. The number of carbonyl (C=O) groups is 1. The molecule has 104 valence electrons. The number of rotatable bonds is 2. The van der Waals surface area contributed by atoms with Gasteiger partial charge in [0.15, 0.2) is 5.78 Å². The van der Waals surface area contributed by atoms with Crippen LogP contribution >= 0.6 is 15.9 Å². The molecular weight excluding hydrogens is 342 g/mol. The summed E-state index contributed by atoms with van der Waals surface area (Å²) in [4.78, 5) is 15.7. The lowest BCUT2D eigenvalue weighted by molar-refractivity contribution is -0.137. The van der Waals surface area contributed by atoms with Crippen molar-refractivity contribution < 1.29 is 22.4 Å². The highest BCUT2D eigenvalue weighted by Crippen LogP contribution is 2.33. The van der Waals surface area contributed by atoms with Crippen LogP contribution in [0.4, 0.5) is 17.6 Å². The van der Waals surface area contributed by atoms with Crippen LogP contribution in [-0.2, 0) is 6.18 Å². The van der Waals surface area contributed by atoms with E-state index < -0.39 is 34.5 Å². The van der Waals surface area contributed by atoms with Crippen LogP contribution in [0.1, 0.15) is 21.5 Å². The van der Waals surface area contributed by atoms with Crippen molar-refractivity contribution in [1.29, 1.82) is 0 Å². The van der Waals surface area contributed by atoms with E-state index in [9.17, 15) is 22.4 Å². The number of hydrogen-bond acceptors (Lipinski definition) is 2. The van der Waals surface area contributed by atoms with Gasteiger partial charge in [-0.05, 0) is 34.1 Å². The number of carbonyl (C=O) groups excluding carboxylic acids is 1. The summed E-state index contributed by atoms with van der Waals surface area (Å²) in [6, 6.07) is 4.40. The maximum Gasteiger partial charge on any atom is 0.417 e. The van der Waals surface area contributed by atoms with Gasteiger partial charge in [-0.25, -0.2) is 4.39 Å². The summed E-state index contributed by atoms with van der Waals surface area (Å²) in [5, 5.41) is 0. The molecule has 0 saturated carbocycles. The SMILES string of the molecule is O=C(c1cnccc1C(F)(F)F)c1c(F)cccc1Br. The molecule has 0 aliphatic carbocycles. The lowest BCUT2D eigenvalue weighted by Crippen LogP contribution is -2.15. The molecular formula is C13H6BrF4NO. The van der Waals surface area contributed by atoms with E-state index in [4.69, 9.17) is 0 Å². The number of aromatic nitrogens is 1. The summed E-state index contributed by atoms with van der Waals surface area (Å²) < 4.78 is 52.3. The number of hydrogen-bond donors (Lipinski definition) is 0. The maximum atomic E-state index is 13.7. The average Bonchev–Trinajstić information content (AvgIpc) is 2.37. The van der Waals surface area contributed by atoms with Gasteiger partial charge in [0.1, 0.15) is 5.82 Å². The summed E-state index contributed by atoms with van der Waals surface area (Å²) in [5.74, 6) is -1.98. The van der Waals surface area contributed by atoms with Crippen LogP contribution in [0.3, 0.4) is 0 Å². The lowest BCUT2D eigenvalue weighted by Gasteiger charge is -2.12. The minimum absolute atomic E-state index is 0.0828. The van der Waals surface area contributed by atoms with Gasteiger partial charge >= 0.3 is 6.18 Å². The van der Waals surface area contributed by atoms with Crippen LogP contribution in [0.25, 0.3) is 0 Å². The Morgan fingerprint density at radius 1 is 1.20 bits per heavy atom. The molecule has 0 aliphatic heterocycles. The minimum Gasteiger partial charge on any atom is -0.288 e. The van der Waals surface area contributed by atoms with Gasteiger partial charge in [-0.3, -0.25) is 9.78 Å². The first-order valence-electron chi connectivity index (χ1n) is 5.32. The molecule has 20 heavy (non-hydrogen) atoms. The predicted octanol–water partition coefficient (Wildman–Crippen LogP) is 4.23. The molecule has 2 rings (SSSR count). The van der Waals surface area contributed by atoms with Gasteiger partial charge < -0.3 is 0 Å². The van der Waals surface area contributed by atoms with Crippen LogP contribution in [0, 0.1) is 5.82 Å². The molecule has 0 amide bonds. The molecule has 0 N–H and O–H groups in total. The zero-order valence-corrected chi connectivity index (χ0v) is 11.3. The molecule has 7 heteroatoms. The van der Waals surface area contributed by atoms with Crippen LogP contribution in [-0.4, -0.2) is 10.8 Å². The molecule has 0 radical (unpaired) electrons. The quantitative estimate of drug-likeness (QED) is 0.601. The van der Waals surface area contributed by atoms with Crippen molar-refractivity contribution in [2.45, 2.75) is 6.18 Å². The van der Waals surface area contributed by atoms with Crippen molar-refractivity contribution in [3.8, 4) is 0 Å². The smallest absolute Gasteiger partial charge is 0.288 e. The summed E-state index contributed by atoms with van der Waals surface area (Å²) in [7, 11) is 0. The molecule has 1 aromatic carbocycles. The number of pyridine rings is 1. The van der Waals surface area contributed by atoms with E-state index >= 15 is 0 Å². The Morgan fingerprint density at radius 2 is 1.90 bits per heavy atom. The predicted molar refractivity (Wildman–Crippen MR) is 66.8 cm³/mol. The fraction of sp³-hybridized carbons (Fsp3) is 0.0769. The first-order valence-corrected chi connectivity index (χ1v) is 6.11. The normalized spacial score (nSPS) is 11.4. The Kier molecular flexibility index (Phi) is 3.89. The molecule has 1 aromatic heterocycles. The van der Waals surface area contributed by atoms with Crippen LogP contribution in [0.15, 0.2) is 41.1 Å². The Bertz CT molecular complexity index is 649. The van der Waals surface area contributed by atoms with Gasteiger partial charge in [0.25, 0.3) is 0 Å². The Morgan fingerprint density at radius 3 is 2.50 bits per heavy atom. The number of ketones is 1. The summed E-state index contributed by atoms with van der Waals surface area (Å²) in [5.41, 5.74) is -2.29. The van der Waals surface area contributed by atoms with E-state index in [1.807, 2.05) is 0 Å². The highest BCUT2D eigenvalue weighted by Gasteiger charge is 2.36. The second-order valence-electron chi connectivity index (χ2n) is 3.84. The Balaban J connectivity index is 2.61. The van der Waals surface area contributed by atoms with Crippen molar-refractivity contribution >= 4 is 21.7 Å². The molecule has 2 nitrogen and oxygen atoms in total. The van der Waals surface area contributed by atoms with Crippen LogP contribution < -0.4 is 0 Å². The molecule has 0 spiro atoms. The molecule has 0 unspecified atom stereocenters. The fourth-order valence-corrected chi connectivity index (χ4v) is 2.19. The van der Waals surface area contributed by atoms with Gasteiger partial charge in [0.2, 0.25) is 0 Å². The first kappa shape index (κ1) is 14.6. The van der Waals surface area contributed by atoms with E-state index in [2.05, 4.69) is 20.9 Å². The number of nitrogens with zero attached hydrogens (tertiary/aromatic N) is 1. The molecule has 0 aliphatic rings. The van der Waals surface area contributed by atoms with E-state index in [0.717, 1.165) is 18.5 Å². The third-order valence-electron chi connectivity index (χ3n) is 2.56. The molecule has 0 bridgehead atoms. The van der Waals surface area contributed by atoms with E-state index in [1.54, 1.807) is 0 Å². The standard InChI is InChI=1S/C13H6BrF4NO/c14-9-2-1-3-10(15)11(9)12(20)7-6-19-5-4-8(7)13(16,17)18/h1-6H. The topological polar surface area (TPSA) is 30.0 Å². The zero-order valence-electron chi connectivity index (χ0n) is 9.71. The largest absolute Gasteiger partial charge is 0.417 e. The van der Waals surface area contributed by atoms with Gasteiger partial charge in [0.05, 0.1) is 16.7 Å². The van der Waals surface area contributed by atoms with Crippen molar-refractivity contribution in [2.24, 2.45) is 0 Å². The maximum absolute atomic E-state index is 13.7. The van der Waals surface area contributed by atoms with E-state index in [1.165, 1.54) is 12.1 Å². The van der Waals surface area contributed by atoms with Crippen molar-refractivity contribution in [3.63, 3.8) is 0 Å². The van der Waals surface area contributed by atoms with Gasteiger partial charge in [-0.1, -0.05) is 6.07 Å². The number of alkyl halides is 3. The summed E-state index contributed by atoms with van der Waals surface area (Å²) in [6.45, 7) is 0. The third-order valence-corrected chi connectivity index (χ3v) is 3.22. The monoisotopic (exact) mass is 347 g/mol. The summed E-state index contributed by atoms with van der Waals surface area (Å²) >= 11 is 2.96. The molecule has 0 saturated heterocycles. The number of benzene rings is 1.